The van der Waals surface area contributed by atoms with Crippen molar-refractivity contribution in [3.8, 4) is 6.07 Å². The van der Waals surface area contributed by atoms with E-state index in [-0.39, 0.29) is 14.7 Å². The summed E-state index contributed by atoms with van der Waals surface area (Å²) in [6.07, 6.45) is -1.52. The number of alkyl halides is 2. The Bertz CT molecular complexity index is 375. The van der Waals surface area contributed by atoms with Gasteiger partial charge >= 0.3 is 0 Å². The fraction of sp³-hybridized carbons (Fsp3) is 0.143. The summed E-state index contributed by atoms with van der Waals surface area (Å²) in [6, 6.07) is 1.68. The SMILES string of the molecule is N#Cc1cnc(Br)c(I)c1C(F)F. The van der Waals surface area contributed by atoms with Crippen molar-refractivity contribution in [3.63, 3.8) is 0 Å². The average Bonchev–Trinajstić information content (AvgIpc) is 2.08. The Labute approximate surface area is 95.2 Å². The zero-order valence-electron chi connectivity index (χ0n) is 6.06. The fourth-order valence-electron chi connectivity index (χ4n) is 0.779. The quantitative estimate of drug-likeness (QED) is 0.570. The lowest BCUT2D eigenvalue weighted by Gasteiger charge is -2.05. The van der Waals surface area contributed by atoms with Gasteiger partial charge in [-0.15, -0.1) is 0 Å². The number of nitriles is 1. The molecule has 2 nitrogen and oxygen atoms in total. The van der Waals surface area contributed by atoms with Crippen LogP contribution < -0.4 is 0 Å². The summed E-state index contributed by atoms with van der Waals surface area (Å²) in [7, 11) is 0. The fourth-order valence-corrected chi connectivity index (χ4v) is 1.76. The molecule has 0 N–H and O–H groups in total. The van der Waals surface area contributed by atoms with E-state index >= 15 is 0 Å². The predicted octanol–water partition coefficient (Wildman–Crippen LogP) is 3.26. The molecule has 0 aromatic carbocycles. The maximum absolute atomic E-state index is 12.5. The molecule has 13 heavy (non-hydrogen) atoms. The molecule has 68 valence electrons. The summed E-state index contributed by atoms with van der Waals surface area (Å²) in [5.41, 5.74) is -0.340. The van der Waals surface area contributed by atoms with Gasteiger partial charge in [-0.2, -0.15) is 5.26 Å². The average molecular weight is 359 g/mol. The lowest BCUT2D eigenvalue weighted by molar-refractivity contribution is 0.150. The predicted molar refractivity (Wildman–Crippen MR) is 54.3 cm³/mol. The molecule has 0 amide bonds. The minimum absolute atomic E-state index is 0.0809. The molecule has 0 unspecified atom stereocenters. The Kier molecular flexibility index (Phi) is 3.55. The number of aromatic nitrogens is 1. The first-order chi connectivity index (χ1) is 6.07. The summed E-state index contributed by atoms with van der Waals surface area (Å²) in [5, 5.41) is 8.54. The summed E-state index contributed by atoms with van der Waals surface area (Å²) in [6.45, 7) is 0. The van der Waals surface area contributed by atoms with E-state index < -0.39 is 6.43 Å². The molecule has 0 aliphatic carbocycles. The normalized spacial score (nSPS) is 10.2. The lowest BCUT2D eigenvalue weighted by atomic mass is 10.2. The van der Waals surface area contributed by atoms with Crippen LogP contribution in [0.4, 0.5) is 8.78 Å². The third-order valence-electron chi connectivity index (χ3n) is 1.35. The van der Waals surface area contributed by atoms with Crippen molar-refractivity contribution in [2.75, 3.05) is 0 Å². The van der Waals surface area contributed by atoms with Gasteiger partial charge in [0.15, 0.2) is 0 Å². The number of rotatable bonds is 1. The minimum atomic E-state index is -2.65. The Morgan fingerprint density at radius 1 is 1.62 bits per heavy atom. The van der Waals surface area contributed by atoms with E-state index in [1.807, 2.05) is 0 Å². The highest BCUT2D eigenvalue weighted by molar-refractivity contribution is 14.1. The smallest absolute Gasteiger partial charge is 0.247 e. The van der Waals surface area contributed by atoms with Gasteiger partial charge in [0, 0.05) is 6.20 Å². The molecule has 6 heteroatoms. The van der Waals surface area contributed by atoms with E-state index in [9.17, 15) is 8.78 Å². The zero-order chi connectivity index (χ0) is 10.0. The Morgan fingerprint density at radius 3 is 2.69 bits per heavy atom. The molecule has 0 aliphatic rings. The van der Waals surface area contributed by atoms with Gasteiger partial charge in [0.1, 0.15) is 10.7 Å². The Balaban J connectivity index is 3.43. The third kappa shape index (κ3) is 2.14. The van der Waals surface area contributed by atoms with Gasteiger partial charge in [0.05, 0.1) is 14.7 Å². The number of halogens is 4. The van der Waals surface area contributed by atoms with Crippen LogP contribution in [-0.4, -0.2) is 4.98 Å². The molecule has 0 atom stereocenters. The molecule has 0 saturated heterocycles. The van der Waals surface area contributed by atoms with Crippen LogP contribution in [0.5, 0.6) is 0 Å². The number of pyridine rings is 1. The van der Waals surface area contributed by atoms with Crippen LogP contribution in [0, 0.1) is 14.9 Å². The number of hydrogen-bond acceptors (Lipinski definition) is 2. The first kappa shape index (κ1) is 10.8. The van der Waals surface area contributed by atoms with Crippen molar-refractivity contribution in [2.24, 2.45) is 0 Å². The summed E-state index contributed by atoms with van der Waals surface area (Å²) in [4.78, 5) is 3.75. The van der Waals surface area contributed by atoms with Gasteiger partial charge in [-0.25, -0.2) is 13.8 Å². The van der Waals surface area contributed by atoms with Crippen molar-refractivity contribution in [2.45, 2.75) is 6.43 Å². The highest BCUT2D eigenvalue weighted by Crippen LogP contribution is 2.30. The maximum Gasteiger partial charge on any atom is 0.266 e. The number of nitrogens with zero attached hydrogens (tertiary/aromatic N) is 2. The molecular formula is C7H2BrF2IN2. The third-order valence-corrected chi connectivity index (χ3v) is 3.79. The van der Waals surface area contributed by atoms with Gasteiger partial charge in [-0.05, 0) is 38.5 Å². The van der Waals surface area contributed by atoms with Crippen molar-refractivity contribution in [1.29, 1.82) is 5.26 Å². The molecule has 1 aromatic heterocycles. The minimum Gasteiger partial charge on any atom is -0.247 e. The highest BCUT2D eigenvalue weighted by atomic mass is 127. The highest BCUT2D eigenvalue weighted by Gasteiger charge is 2.19. The van der Waals surface area contributed by atoms with Crippen LogP contribution in [0.1, 0.15) is 17.6 Å². The van der Waals surface area contributed by atoms with Crippen molar-refractivity contribution >= 4 is 38.5 Å². The summed E-state index contributed by atoms with van der Waals surface area (Å²) < 4.78 is 25.5. The molecule has 0 bridgehead atoms. The first-order valence-electron chi connectivity index (χ1n) is 3.10. The van der Waals surface area contributed by atoms with Crippen LogP contribution in [0.25, 0.3) is 0 Å². The van der Waals surface area contributed by atoms with E-state index in [1.54, 1.807) is 28.7 Å². The molecule has 1 aromatic rings. The lowest BCUT2D eigenvalue weighted by Crippen LogP contribution is -1.97. The van der Waals surface area contributed by atoms with Gasteiger partial charge in [-0.3, -0.25) is 0 Å². The second-order valence-electron chi connectivity index (χ2n) is 2.10. The van der Waals surface area contributed by atoms with Gasteiger partial charge in [0.2, 0.25) is 0 Å². The molecule has 0 spiro atoms. The largest absolute Gasteiger partial charge is 0.266 e. The topological polar surface area (TPSA) is 36.7 Å². The van der Waals surface area contributed by atoms with Crippen LogP contribution in [0.3, 0.4) is 0 Å². The molecule has 0 saturated carbocycles. The van der Waals surface area contributed by atoms with E-state index in [2.05, 4.69) is 20.9 Å². The van der Waals surface area contributed by atoms with Crippen LogP contribution in [-0.2, 0) is 0 Å². The van der Waals surface area contributed by atoms with Gasteiger partial charge in [-0.1, -0.05) is 0 Å². The standard InChI is InChI=1S/C7H2BrF2IN2/c8-6-5(11)4(7(9)10)3(1-12)2-13-6/h2,7H. The van der Waals surface area contributed by atoms with Crippen LogP contribution >= 0.6 is 38.5 Å². The van der Waals surface area contributed by atoms with E-state index in [1.165, 1.54) is 0 Å². The van der Waals surface area contributed by atoms with Crippen molar-refractivity contribution in [1.82, 2.24) is 4.98 Å². The second kappa shape index (κ2) is 4.28. The van der Waals surface area contributed by atoms with Crippen molar-refractivity contribution < 1.29 is 8.78 Å². The maximum atomic E-state index is 12.5. The molecule has 1 rings (SSSR count). The first-order valence-corrected chi connectivity index (χ1v) is 4.97. The Hall–Kier alpha value is -0.290. The van der Waals surface area contributed by atoms with E-state index in [0.717, 1.165) is 6.20 Å². The van der Waals surface area contributed by atoms with Gasteiger partial charge in [0.25, 0.3) is 6.43 Å². The monoisotopic (exact) mass is 358 g/mol. The molecular weight excluding hydrogens is 357 g/mol. The summed E-state index contributed by atoms with van der Waals surface area (Å²) in [5.74, 6) is 0. The van der Waals surface area contributed by atoms with Gasteiger partial charge < -0.3 is 0 Å². The van der Waals surface area contributed by atoms with Crippen LogP contribution in [0.15, 0.2) is 10.8 Å². The van der Waals surface area contributed by atoms with Crippen molar-refractivity contribution in [3.05, 3.63) is 25.5 Å². The summed E-state index contributed by atoms with van der Waals surface area (Å²) >= 11 is 4.74. The van der Waals surface area contributed by atoms with E-state index in [0.29, 0.717) is 4.60 Å². The van der Waals surface area contributed by atoms with Crippen LogP contribution in [0.2, 0.25) is 0 Å². The Morgan fingerprint density at radius 2 is 2.23 bits per heavy atom. The zero-order valence-corrected chi connectivity index (χ0v) is 9.80. The molecule has 0 aliphatic heterocycles. The molecule has 1 heterocycles. The molecule has 0 radical (unpaired) electrons. The number of hydrogen-bond donors (Lipinski definition) is 0. The van der Waals surface area contributed by atoms with E-state index in [4.69, 9.17) is 5.26 Å². The second-order valence-corrected chi connectivity index (χ2v) is 3.93. The molecule has 0 fully saturated rings.